The highest BCUT2D eigenvalue weighted by Gasteiger charge is 2.47. The summed E-state index contributed by atoms with van der Waals surface area (Å²) >= 11 is 6.00. The van der Waals surface area contributed by atoms with Gasteiger partial charge < -0.3 is 10.2 Å². The van der Waals surface area contributed by atoms with E-state index in [0.29, 0.717) is 11.6 Å². The molecule has 1 saturated heterocycles. The highest BCUT2D eigenvalue weighted by molar-refractivity contribution is 6.30. The fourth-order valence-corrected chi connectivity index (χ4v) is 4.46. The number of urea groups is 1. The average molecular weight is 422 g/mol. The molecule has 2 amide bonds. The SMILES string of the molecule is O=C(NC1(c2ccccc2)CC1)N1CCCC1c1ncnn1Cc1ccc(Cl)cc1. The summed E-state index contributed by atoms with van der Waals surface area (Å²) in [5, 5.41) is 8.44. The van der Waals surface area contributed by atoms with Crippen LogP contribution in [0.1, 0.15) is 48.7 Å². The van der Waals surface area contributed by atoms with Crippen LogP contribution in [0.2, 0.25) is 5.02 Å². The zero-order valence-electron chi connectivity index (χ0n) is 16.7. The molecule has 2 aromatic carbocycles. The summed E-state index contributed by atoms with van der Waals surface area (Å²) < 4.78 is 1.89. The molecule has 1 saturated carbocycles. The van der Waals surface area contributed by atoms with Crippen molar-refractivity contribution in [2.75, 3.05) is 6.54 Å². The van der Waals surface area contributed by atoms with E-state index in [1.165, 1.54) is 5.56 Å². The molecular weight excluding hydrogens is 398 g/mol. The van der Waals surface area contributed by atoms with E-state index in [9.17, 15) is 4.79 Å². The summed E-state index contributed by atoms with van der Waals surface area (Å²) in [6.07, 6.45) is 5.39. The first-order valence-electron chi connectivity index (χ1n) is 10.4. The Bertz CT molecular complexity index is 1030. The van der Waals surface area contributed by atoms with Gasteiger partial charge in [-0.1, -0.05) is 54.1 Å². The summed E-state index contributed by atoms with van der Waals surface area (Å²) in [7, 11) is 0. The van der Waals surface area contributed by atoms with E-state index in [2.05, 4.69) is 27.5 Å². The van der Waals surface area contributed by atoms with Gasteiger partial charge in [-0.15, -0.1) is 0 Å². The second kappa shape index (κ2) is 7.76. The van der Waals surface area contributed by atoms with Crippen LogP contribution in [-0.2, 0) is 12.1 Å². The Morgan fingerprint density at radius 3 is 2.63 bits per heavy atom. The second-order valence-corrected chi connectivity index (χ2v) is 8.57. The van der Waals surface area contributed by atoms with Gasteiger partial charge in [0.05, 0.1) is 18.1 Å². The third-order valence-corrected chi connectivity index (χ3v) is 6.38. The van der Waals surface area contributed by atoms with Gasteiger partial charge in [-0.2, -0.15) is 5.10 Å². The number of nitrogens with one attached hydrogen (secondary N) is 1. The Morgan fingerprint density at radius 2 is 1.90 bits per heavy atom. The van der Waals surface area contributed by atoms with Crippen LogP contribution in [0.4, 0.5) is 4.79 Å². The van der Waals surface area contributed by atoms with Crippen LogP contribution in [0.15, 0.2) is 60.9 Å². The molecule has 1 aliphatic heterocycles. The summed E-state index contributed by atoms with van der Waals surface area (Å²) in [5.74, 6) is 0.835. The third-order valence-electron chi connectivity index (χ3n) is 6.13. The monoisotopic (exact) mass is 421 g/mol. The Kier molecular flexibility index (Phi) is 4.95. The van der Waals surface area contributed by atoms with Crippen molar-refractivity contribution in [3.63, 3.8) is 0 Å². The van der Waals surface area contributed by atoms with Crippen molar-refractivity contribution in [3.05, 3.63) is 82.9 Å². The summed E-state index contributed by atoms with van der Waals surface area (Å²) in [5.41, 5.74) is 2.06. The molecular formula is C23H24ClN5O. The van der Waals surface area contributed by atoms with Crippen molar-refractivity contribution in [3.8, 4) is 0 Å². The lowest BCUT2D eigenvalue weighted by molar-refractivity contribution is 0.184. The number of rotatable bonds is 5. The standard InChI is InChI=1S/C23H24ClN5O/c24-19-10-8-17(9-11-19)15-29-21(25-16-26-29)20-7-4-14-28(20)22(30)27-23(12-13-23)18-5-2-1-3-6-18/h1-3,5-6,8-11,16,20H,4,7,12-15H2,(H,27,30). The topological polar surface area (TPSA) is 63.1 Å². The molecule has 1 aliphatic carbocycles. The van der Waals surface area contributed by atoms with E-state index in [4.69, 9.17) is 11.6 Å². The first-order valence-corrected chi connectivity index (χ1v) is 10.8. The van der Waals surface area contributed by atoms with Crippen molar-refractivity contribution in [1.29, 1.82) is 0 Å². The van der Waals surface area contributed by atoms with Crippen LogP contribution in [0, 0.1) is 0 Å². The molecule has 0 spiro atoms. The van der Waals surface area contributed by atoms with Gasteiger partial charge in [-0.05, 0) is 48.9 Å². The molecule has 1 aromatic heterocycles. The van der Waals surface area contributed by atoms with Crippen LogP contribution in [-0.4, -0.2) is 32.2 Å². The third kappa shape index (κ3) is 3.67. The molecule has 1 N–H and O–H groups in total. The van der Waals surface area contributed by atoms with Gasteiger partial charge in [-0.25, -0.2) is 14.5 Å². The number of benzene rings is 2. The van der Waals surface area contributed by atoms with E-state index in [1.54, 1.807) is 6.33 Å². The maximum Gasteiger partial charge on any atom is 0.318 e. The van der Waals surface area contributed by atoms with Gasteiger partial charge >= 0.3 is 6.03 Å². The van der Waals surface area contributed by atoms with Crippen LogP contribution >= 0.6 is 11.6 Å². The predicted octanol–water partition coefficient (Wildman–Crippen LogP) is 4.52. The number of amides is 2. The van der Waals surface area contributed by atoms with E-state index in [0.717, 1.165) is 43.6 Å². The van der Waals surface area contributed by atoms with Crippen LogP contribution in [0.5, 0.6) is 0 Å². The number of aromatic nitrogens is 3. The lowest BCUT2D eigenvalue weighted by Crippen LogP contribution is -2.45. The van der Waals surface area contributed by atoms with Crippen molar-refractivity contribution < 1.29 is 4.79 Å². The van der Waals surface area contributed by atoms with Crippen LogP contribution in [0.3, 0.4) is 0 Å². The quantitative estimate of drug-likeness (QED) is 0.659. The Hall–Kier alpha value is -2.86. The molecule has 30 heavy (non-hydrogen) atoms. The molecule has 0 radical (unpaired) electrons. The van der Waals surface area contributed by atoms with Crippen molar-refractivity contribution >= 4 is 17.6 Å². The Labute approximate surface area is 180 Å². The van der Waals surface area contributed by atoms with Gasteiger partial charge in [-0.3, -0.25) is 0 Å². The van der Waals surface area contributed by atoms with E-state index < -0.39 is 0 Å². The fourth-order valence-electron chi connectivity index (χ4n) is 4.34. The second-order valence-electron chi connectivity index (χ2n) is 8.13. The lowest BCUT2D eigenvalue weighted by Gasteiger charge is -2.28. The zero-order valence-corrected chi connectivity index (χ0v) is 17.4. The number of halogens is 1. The molecule has 7 heteroatoms. The molecule has 2 fully saturated rings. The van der Waals surface area contributed by atoms with Gasteiger partial charge in [0.25, 0.3) is 0 Å². The highest BCUT2D eigenvalue weighted by atomic mass is 35.5. The fraction of sp³-hybridized carbons (Fsp3) is 0.348. The van der Waals surface area contributed by atoms with Crippen LogP contribution in [0.25, 0.3) is 0 Å². The molecule has 154 valence electrons. The van der Waals surface area contributed by atoms with Gasteiger partial charge in [0, 0.05) is 11.6 Å². The van der Waals surface area contributed by atoms with Crippen molar-refractivity contribution in [2.24, 2.45) is 0 Å². The molecule has 0 bridgehead atoms. The van der Waals surface area contributed by atoms with E-state index in [-0.39, 0.29) is 17.6 Å². The highest BCUT2D eigenvalue weighted by Crippen LogP contribution is 2.46. The largest absolute Gasteiger partial charge is 0.328 e. The molecule has 1 unspecified atom stereocenters. The molecule has 6 nitrogen and oxygen atoms in total. The summed E-state index contributed by atoms with van der Waals surface area (Å²) in [4.78, 5) is 19.7. The normalized spacial score (nSPS) is 19.6. The molecule has 1 atom stereocenters. The minimum absolute atomic E-state index is 0.0140. The first kappa shape index (κ1) is 19.1. The summed E-state index contributed by atoms with van der Waals surface area (Å²) in [6, 6.07) is 17.9. The smallest absolute Gasteiger partial charge is 0.318 e. The maximum atomic E-state index is 13.2. The minimum atomic E-state index is -0.220. The Balaban J connectivity index is 1.33. The van der Waals surface area contributed by atoms with E-state index in [1.807, 2.05) is 52.0 Å². The molecule has 3 aromatic rings. The predicted molar refractivity (Wildman–Crippen MR) is 115 cm³/mol. The summed E-state index contributed by atoms with van der Waals surface area (Å²) in [6.45, 7) is 1.33. The zero-order chi connectivity index (χ0) is 20.6. The number of hydrogen-bond acceptors (Lipinski definition) is 3. The van der Waals surface area contributed by atoms with E-state index >= 15 is 0 Å². The van der Waals surface area contributed by atoms with Crippen molar-refractivity contribution in [2.45, 2.75) is 43.8 Å². The molecule has 5 rings (SSSR count). The number of carbonyl (C=O) groups is 1. The minimum Gasteiger partial charge on any atom is -0.328 e. The first-order chi connectivity index (χ1) is 14.6. The van der Waals surface area contributed by atoms with Gasteiger partial charge in [0.1, 0.15) is 12.2 Å². The molecule has 2 heterocycles. The number of nitrogens with zero attached hydrogens (tertiary/aromatic N) is 4. The van der Waals surface area contributed by atoms with Gasteiger partial charge in [0.15, 0.2) is 0 Å². The Morgan fingerprint density at radius 1 is 1.13 bits per heavy atom. The van der Waals surface area contributed by atoms with Gasteiger partial charge in [0.2, 0.25) is 0 Å². The number of likely N-dealkylation sites (tertiary alicyclic amines) is 1. The van der Waals surface area contributed by atoms with Crippen LogP contribution < -0.4 is 5.32 Å². The maximum absolute atomic E-state index is 13.2. The number of hydrogen-bond donors (Lipinski definition) is 1. The number of carbonyl (C=O) groups excluding carboxylic acids is 1. The average Bonchev–Trinajstić information content (AvgIpc) is 3.16. The van der Waals surface area contributed by atoms with Crippen molar-refractivity contribution in [1.82, 2.24) is 25.0 Å². The lowest BCUT2D eigenvalue weighted by atomic mass is 10.1. The molecule has 2 aliphatic rings.